The quantitative estimate of drug-likeness (QED) is 0.0585. The third-order valence-corrected chi connectivity index (χ3v) is 8.24. The average molecular weight is 664 g/mol. The average Bonchev–Trinajstić information content (AvgIpc) is 3.41. The minimum atomic E-state index is -0.249. The molecule has 0 aliphatic carbocycles. The Morgan fingerprint density at radius 2 is 1.71 bits per heavy atom. The van der Waals surface area contributed by atoms with Crippen molar-refractivity contribution in [2.45, 2.75) is 46.7 Å². The van der Waals surface area contributed by atoms with E-state index < -0.39 is 0 Å². The van der Waals surface area contributed by atoms with Crippen LogP contribution < -0.4 is 0 Å². The normalized spacial score (nSPS) is 11.5. The fraction of sp³-hybridized carbons (Fsp3) is 0.268. The molecule has 4 aromatic rings. The minimum absolute atomic E-state index is 0.140. The van der Waals surface area contributed by atoms with E-state index in [0.29, 0.717) is 36.4 Å². The number of allylic oxidation sites excluding steroid dienone is 4. The maximum atomic E-state index is 12.9. The molecule has 0 saturated carbocycles. The summed E-state index contributed by atoms with van der Waals surface area (Å²) >= 11 is 6.36. The Hall–Kier alpha value is -4.74. The maximum Gasteiger partial charge on any atom is 0.260 e. The first-order chi connectivity index (χ1) is 23.1. The van der Waals surface area contributed by atoms with Gasteiger partial charge in [0.2, 0.25) is 6.41 Å². The second-order valence-corrected chi connectivity index (χ2v) is 12.3. The number of halogens is 1. The number of nitrogens with zero attached hydrogens (tertiary/aromatic N) is 3. The molecule has 250 valence electrons. The van der Waals surface area contributed by atoms with E-state index >= 15 is 0 Å². The van der Waals surface area contributed by atoms with Gasteiger partial charge in [0.1, 0.15) is 0 Å². The van der Waals surface area contributed by atoms with E-state index in [1.165, 1.54) is 16.2 Å². The molecule has 0 spiro atoms. The number of carbonyl (C=O) groups excluding carboxylic acids is 3. The molecule has 0 radical (unpaired) electrons. The highest BCUT2D eigenvalue weighted by Crippen LogP contribution is 2.34. The molecule has 0 bridgehead atoms. The van der Waals surface area contributed by atoms with Gasteiger partial charge in [-0.2, -0.15) is 0 Å². The Balaban J connectivity index is 0.000000542. The lowest BCUT2D eigenvalue weighted by molar-refractivity contribution is -0.116. The van der Waals surface area contributed by atoms with E-state index in [1.807, 2.05) is 50.2 Å². The molecular weight excluding hydrogens is 618 g/mol. The van der Waals surface area contributed by atoms with Crippen LogP contribution in [0.3, 0.4) is 0 Å². The van der Waals surface area contributed by atoms with Crippen LogP contribution in [0.1, 0.15) is 60.4 Å². The number of rotatable bonds is 14. The second-order valence-electron chi connectivity index (χ2n) is 11.9. The molecule has 1 atom stereocenters. The number of carbonyl (C=O) groups is 3. The lowest BCUT2D eigenvalue weighted by atomic mass is 9.98. The van der Waals surface area contributed by atoms with Gasteiger partial charge < -0.3 is 4.57 Å². The standard InChI is InChI=1S/C32H36ClN3O2.C9H10O/c1-23(2)31(34(4)17-10-18-35(22-37)32(38)28-14-9-8-11-24(28)3)30-20-26-19-27(33)15-16-29(26)36(30)21-25-12-6-5-7-13-25;1-3-5-7-9(8-10)6-4-2/h5-9,11-16,19-20,22-23,31H,10,17-18,21H2,1-4H3;3-6,8H,1H2,2H3/b;6-4-. The van der Waals surface area contributed by atoms with Crippen molar-refractivity contribution in [3.63, 3.8) is 0 Å². The van der Waals surface area contributed by atoms with Gasteiger partial charge in [-0.3, -0.25) is 24.2 Å². The van der Waals surface area contributed by atoms with Crippen LogP contribution in [0.4, 0.5) is 0 Å². The summed E-state index contributed by atoms with van der Waals surface area (Å²) in [7, 11) is 2.12. The predicted molar refractivity (Wildman–Crippen MR) is 198 cm³/mol. The molecule has 7 heteroatoms. The van der Waals surface area contributed by atoms with E-state index in [1.54, 1.807) is 30.4 Å². The van der Waals surface area contributed by atoms with Crippen LogP contribution in [0, 0.1) is 12.8 Å². The molecule has 0 fully saturated rings. The first-order valence-corrected chi connectivity index (χ1v) is 16.5. The number of imide groups is 1. The lowest BCUT2D eigenvalue weighted by Crippen LogP contribution is -2.35. The van der Waals surface area contributed by atoms with Crippen LogP contribution in [-0.4, -0.2) is 53.1 Å². The van der Waals surface area contributed by atoms with E-state index in [9.17, 15) is 14.4 Å². The van der Waals surface area contributed by atoms with E-state index in [-0.39, 0.29) is 11.9 Å². The van der Waals surface area contributed by atoms with Crippen molar-refractivity contribution in [3.05, 3.63) is 148 Å². The van der Waals surface area contributed by atoms with Gasteiger partial charge >= 0.3 is 0 Å². The highest BCUT2D eigenvalue weighted by molar-refractivity contribution is 6.31. The van der Waals surface area contributed by atoms with Gasteiger partial charge in [0.15, 0.2) is 6.29 Å². The SMILES string of the molecule is C=CC=C=C(C=O)/C=C\C.Cc1ccccc1C(=O)N(C=O)CCCN(C)C(c1cc2cc(Cl)ccc2n1Cc1ccccc1)C(C)C. The van der Waals surface area contributed by atoms with Gasteiger partial charge in [0, 0.05) is 46.8 Å². The number of aldehydes is 1. The molecule has 1 unspecified atom stereocenters. The van der Waals surface area contributed by atoms with Crippen molar-refractivity contribution < 1.29 is 14.4 Å². The zero-order valence-corrected chi connectivity index (χ0v) is 29.4. The fourth-order valence-electron chi connectivity index (χ4n) is 5.78. The summed E-state index contributed by atoms with van der Waals surface area (Å²) in [6, 6.07) is 26.3. The molecule has 0 aliphatic heterocycles. The summed E-state index contributed by atoms with van der Waals surface area (Å²) < 4.78 is 2.39. The lowest BCUT2D eigenvalue weighted by Gasteiger charge is -2.33. The van der Waals surface area contributed by atoms with Crippen molar-refractivity contribution in [1.82, 2.24) is 14.4 Å². The molecular formula is C41H46ClN3O3. The molecule has 1 heterocycles. The molecule has 48 heavy (non-hydrogen) atoms. The Bertz CT molecular complexity index is 1780. The van der Waals surface area contributed by atoms with Crippen molar-refractivity contribution in [1.29, 1.82) is 0 Å². The smallest absolute Gasteiger partial charge is 0.260 e. The fourth-order valence-corrected chi connectivity index (χ4v) is 5.96. The van der Waals surface area contributed by atoms with Gasteiger partial charge in [-0.05, 0) is 86.8 Å². The maximum absolute atomic E-state index is 12.9. The first kappa shape index (κ1) is 37.7. The van der Waals surface area contributed by atoms with Crippen LogP contribution in [-0.2, 0) is 16.1 Å². The number of amides is 2. The van der Waals surface area contributed by atoms with Crippen molar-refractivity contribution >= 4 is 41.1 Å². The van der Waals surface area contributed by atoms with Crippen LogP contribution >= 0.6 is 11.6 Å². The Morgan fingerprint density at radius 1 is 1.00 bits per heavy atom. The topological polar surface area (TPSA) is 62.6 Å². The molecule has 4 rings (SSSR count). The van der Waals surface area contributed by atoms with Crippen LogP contribution in [0.2, 0.25) is 5.02 Å². The van der Waals surface area contributed by atoms with Gasteiger partial charge in [-0.1, -0.05) is 92.7 Å². The number of aryl methyl sites for hydroxylation is 1. The van der Waals surface area contributed by atoms with Crippen LogP contribution in [0.15, 0.2) is 121 Å². The monoisotopic (exact) mass is 663 g/mol. The number of hydrogen-bond acceptors (Lipinski definition) is 4. The third kappa shape index (κ3) is 10.4. The van der Waals surface area contributed by atoms with Crippen LogP contribution in [0.25, 0.3) is 10.9 Å². The van der Waals surface area contributed by atoms with E-state index in [4.69, 9.17) is 11.6 Å². The summed E-state index contributed by atoms with van der Waals surface area (Å²) in [5.41, 5.74) is 8.33. The first-order valence-electron chi connectivity index (χ1n) is 16.1. The van der Waals surface area contributed by atoms with E-state index in [0.717, 1.165) is 40.9 Å². The summed E-state index contributed by atoms with van der Waals surface area (Å²) in [5.74, 6) is 0.0890. The van der Waals surface area contributed by atoms with Crippen molar-refractivity contribution in [2.75, 3.05) is 20.1 Å². The van der Waals surface area contributed by atoms with Gasteiger partial charge in [-0.25, -0.2) is 0 Å². The zero-order chi connectivity index (χ0) is 35.1. The predicted octanol–water partition coefficient (Wildman–Crippen LogP) is 9.00. The summed E-state index contributed by atoms with van der Waals surface area (Å²) in [6.07, 6.45) is 8.73. The molecule has 3 aromatic carbocycles. The van der Waals surface area contributed by atoms with Gasteiger partial charge in [-0.15, -0.1) is 5.73 Å². The highest BCUT2D eigenvalue weighted by atomic mass is 35.5. The third-order valence-electron chi connectivity index (χ3n) is 8.00. The second kappa shape index (κ2) is 19.2. The number of aromatic nitrogens is 1. The number of hydrogen-bond donors (Lipinski definition) is 0. The Kier molecular flexibility index (Phi) is 15.1. The minimum Gasteiger partial charge on any atom is -0.339 e. The molecule has 2 amide bonds. The summed E-state index contributed by atoms with van der Waals surface area (Å²) in [6.45, 7) is 13.5. The van der Waals surface area contributed by atoms with Crippen molar-refractivity contribution in [3.8, 4) is 0 Å². The number of benzene rings is 3. The molecule has 0 saturated heterocycles. The number of fused-ring (bicyclic) bond motifs is 1. The largest absolute Gasteiger partial charge is 0.339 e. The Morgan fingerprint density at radius 3 is 2.33 bits per heavy atom. The van der Waals surface area contributed by atoms with Gasteiger partial charge in [0.25, 0.3) is 5.91 Å². The van der Waals surface area contributed by atoms with Gasteiger partial charge in [0.05, 0.1) is 11.6 Å². The van der Waals surface area contributed by atoms with E-state index in [2.05, 4.69) is 79.1 Å². The van der Waals surface area contributed by atoms with Crippen LogP contribution in [0.5, 0.6) is 0 Å². The zero-order valence-electron chi connectivity index (χ0n) is 28.6. The highest BCUT2D eigenvalue weighted by Gasteiger charge is 2.26. The molecule has 6 nitrogen and oxygen atoms in total. The molecule has 0 N–H and O–H groups in total. The Labute approximate surface area is 290 Å². The summed E-state index contributed by atoms with van der Waals surface area (Å²) in [5, 5.41) is 1.85. The van der Waals surface area contributed by atoms with Crippen molar-refractivity contribution in [2.24, 2.45) is 5.92 Å². The molecule has 1 aromatic heterocycles. The summed E-state index contributed by atoms with van der Waals surface area (Å²) in [4.78, 5) is 38.6. The molecule has 0 aliphatic rings.